The molecule has 32 heavy (non-hydrogen) atoms. The highest BCUT2D eigenvalue weighted by Crippen LogP contribution is 2.31. The van der Waals surface area contributed by atoms with Gasteiger partial charge in [-0.05, 0) is 61.0 Å². The monoisotopic (exact) mass is 464 g/mol. The lowest BCUT2D eigenvalue weighted by Gasteiger charge is -2.12. The first kappa shape index (κ1) is 23.1. The molecule has 3 rings (SSSR count). The first-order valence-corrected chi connectivity index (χ1v) is 10.8. The minimum absolute atomic E-state index is 0.174. The van der Waals surface area contributed by atoms with E-state index < -0.39 is 21.8 Å². The fourth-order valence-electron chi connectivity index (χ4n) is 2.74. The smallest absolute Gasteiger partial charge is 0.416 e. The molecule has 3 aromatic carbocycles. The molecule has 2 N–H and O–H groups in total. The van der Waals surface area contributed by atoms with Gasteiger partial charge in [-0.1, -0.05) is 24.3 Å². The lowest BCUT2D eigenvalue weighted by Crippen LogP contribution is -2.20. The van der Waals surface area contributed by atoms with E-state index in [-0.39, 0.29) is 28.8 Å². The molecule has 6 nitrogen and oxygen atoms in total. The van der Waals surface area contributed by atoms with Crippen LogP contribution in [0.25, 0.3) is 0 Å². The van der Waals surface area contributed by atoms with Crippen LogP contribution in [-0.2, 0) is 21.0 Å². The van der Waals surface area contributed by atoms with Gasteiger partial charge < -0.3 is 10.1 Å². The fourth-order valence-corrected chi connectivity index (χ4v) is 3.79. The van der Waals surface area contributed by atoms with Crippen LogP contribution in [-0.4, -0.2) is 20.9 Å². The molecule has 3 aromatic rings. The van der Waals surface area contributed by atoms with Gasteiger partial charge in [-0.15, -0.1) is 0 Å². The van der Waals surface area contributed by atoms with Crippen molar-refractivity contribution >= 4 is 27.3 Å². The third kappa shape index (κ3) is 6.01. The Labute approximate surface area is 183 Å². The second-order valence-corrected chi connectivity index (χ2v) is 8.49. The van der Waals surface area contributed by atoms with Crippen LogP contribution in [0.1, 0.15) is 11.1 Å². The number of rotatable bonds is 7. The molecule has 0 spiro atoms. The third-order valence-corrected chi connectivity index (χ3v) is 5.76. The number of anilines is 2. The van der Waals surface area contributed by atoms with E-state index in [4.69, 9.17) is 4.74 Å². The molecule has 0 aliphatic heterocycles. The zero-order chi connectivity index (χ0) is 23.4. The average Bonchev–Trinajstić information content (AvgIpc) is 2.73. The minimum atomic E-state index is -4.59. The number of amides is 1. The molecule has 168 valence electrons. The quantitative estimate of drug-likeness (QED) is 0.525. The molecule has 0 saturated heterocycles. The summed E-state index contributed by atoms with van der Waals surface area (Å²) in [5.74, 6) is -0.134. The Morgan fingerprint density at radius 1 is 0.969 bits per heavy atom. The van der Waals surface area contributed by atoms with Gasteiger partial charge in [-0.25, -0.2) is 8.42 Å². The highest BCUT2D eigenvalue weighted by molar-refractivity contribution is 7.92. The largest absolute Gasteiger partial charge is 0.484 e. The van der Waals surface area contributed by atoms with Crippen molar-refractivity contribution in [2.75, 3.05) is 16.6 Å². The number of para-hydroxylation sites is 1. The number of carbonyl (C=O) groups is 1. The van der Waals surface area contributed by atoms with Crippen LogP contribution >= 0.6 is 0 Å². The maximum atomic E-state index is 12.8. The molecule has 0 atom stereocenters. The second-order valence-electron chi connectivity index (χ2n) is 6.81. The van der Waals surface area contributed by atoms with E-state index in [0.717, 1.165) is 17.7 Å². The molecule has 0 saturated carbocycles. The van der Waals surface area contributed by atoms with Gasteiger partial charge in [0.15, 0.2) is 6.61 Å². The van der Waals surface area contributed by atoms with E-state index >= 15 is 0 Å². The van der Waals surface area contributed by atoms with E-state index in [1.807, 2.05) is 19.1 Å². The summed E-state index contributed by atoms with van der Waals surface area (Å²) in [6.07, 6.45) is -4.59. The Kier molecular flexibility index (Phi) is 6.73. The Balaban J connectivity index is 1.62. The van der Waals surface area contributed by atoms with Crippen LogP contribution in [0.2, 0.25) is 0 Å². The van der Waals surface area contributed by atoms with Crippen LogP contribution in [0.15, 0.2) is 77.7 Å². The summed E-state index contributed by atoms with van der Waals surface area (Å²) in [5.41, 5.74) is 0.366. The summed E-state index contributed by atoms with van der Waals surface area (Å²) in [6, 6.07) is 16.3. The number of ether oxygens (including phenoxy) is 1. The first-order valence-electron chi connectivity index (χ1n) is 9.33. The Morgan fingerprint density at radius 2 is 1.66 bits per heavy atom. The second kappa shape index (κ2) is 9.31. The van der Waals surface area contributed by atoms with Gasteiger partial charge in [-0.2, -0.15) is 13.2 Å². The minimum Gasteiger partial charge on any atom is -0.484 e. The van der Waals surface area contributed by atoms with Gasteiger partial charge in [0.1, 0.15) is 5.75 Å². The topological polar surface area (TPSA) is 84.5 Å². The van der Waals surface area contributed by atoms with Crippen molar-refractivity contribution in [1.82, 2.24) is 0 Å². The maximum Gasteiger partial charge on any atom is 0.416 e. The number of benzene rings is 3. The summed E-state index contributed by atoms with van der Waals surface area (Å²) in [4.78, 5) is 11.9. The van der Waals surface area contributed by atoms with Gasteiger partial charge in [-0.3, -0.25) is 9.52 Å². The normalized spacial score (nSPS) is 11.6. The van der Waals surface area contributed by atoms with Crippen molar-refractivity contribution in [2.24, 2.45) is 0 Å². The molecule has 0 unspecified atom stereocenters. The van der Waals surface area contributed by atoms with Crippen molar-refractivity contribution in [2.45, 2.75) is 18.0 Å². The molecule has 0 aromatic heterocycles. The van der Waals surface area contributed by atoms with E-state index in [1.54, 1.807) is 12.1 Å². The summed E-state index contributed by atoms with van der Waals surface area (Å²) < 4.78 is 70.9. The van der Waals surface area contributed by atoms with Crippen LogP contribution < -0.4 is 14.8 Å². The van der Waals surface area contributed by atoms with Gasteiger partial charge in [0, 0.05) is 11.4 Å². The lowest BCUT2D eigenvalue weighted by molar-refractivity contribution is -0.137. The van der Waals surface area contributed by atoms with Crippen molar-refractivity contribution in [3.8, 4) is 5.75 Å². The van der Waals surface area contributed by atoms with Crippen molar-refractivity contribution in [3.63, 3.8) is 0 Å². The molecule has 0 aliphatic rings. The number of alkyl halides is 3. The predicted molar refractivity (Wildman–Crippen MR) is 114 cm³/mol. The average molecular weight is 464 g/mol. The zero-order valence-corrected chi connectivity index (χ0v) is 17.6. The summed E-state index contributed by atoms with van der Waals surface area (Å²) in [6.45, 7) is 1.56. The van der Waals surface area contributed by atoms with Crippen LogP contribution in [0.3, 0.4) is 0 Å². The number of hydrogen-bond acceptors (Lipinski definition) is 4. The Morgan fingerprint density at radius 3 is 2.31 bits per heavy atom. The molecular weight excluding hydrogens is 445 g/mol. The summed E-state index contributed by atoms with van der Waals surface area (Å²) in [5, 5.41) is 2.71. The molecule has 10 heteroatoms. The number of halogens is 3. The van der Waals surface area contributed by atoms with E-state index in [9.17, 15) is 26.4 Å². The van der Waals surface area contributed by atoms with Crippen molar-refractivity contribution < 1.29 is 31.1 Å². The van der Waals surface area contributed by atoms with Crippen molar-refractivity contribution in [1.29, 1.82) is 0 Å². The molecule has 1 amide bonds. The molecule has 0 bridgehead atoms. The zero-order valence-electron chi connectivity index (χ0n) is 16.8. The number of aryl methyl sites for hydroxylation is 1. The predicted octanol–water partition coefficient (Wildman–Crippen LogP) is 4.83. The molecule has 0 heterocycles. The molecule has 0 aliphatic carbocycles. The lowest BCUT2D eigenvalue weighted by atomic mass is 10.2. The van der Waals surface area contributed by atoms with Crippen LogP contribution in [0.5, 0.6) is 5.75 Å². The van der Waals surface area contributed by atoms with Gasteiger partial charge >= 0.3 is 6.18 Å². The molecule has 0 fully saturated rings. The highest BCUT2D eigenvalue weighted by atomic mass is 32.2. The van der Waals surface area contributed by atoms with Crippen molar-refractivity contribution in [3.05, 3.63) is 83.9 Å². The Bertz CT molecular complexity index is 1210. The third-order valence-electron chi connectivity index (χ3n) is 4.37. The maximum absolute atomic E-state index is 12.8. The SMILES string of the molecule is Cc1ccccc1NC(=O)COc1ccc(S(=O)(=O)Nc2cccc(C(F)(F)F)c2)cc1. The number of hydrogen-bond donors (Lipinski definition) is 2. The van der Waals surface area contributed by atoms with Gasteiger partial charge in [0.2, 0.25) is 0 Å². The summed E-state index contributed by atoms with van der Waals surface area (Å²) >= 11 is 0. The highest BCUT2D eigenvalue weighted by Gasteiger charge is 2.30. The molecule has 0 radical (unpaired) electrons. The van der Waals surface area contributed by atoms with E-state index in [2.05, 4.69) is 10.0 Å². The summed E-state index contributed by atoms with van der Waals surface area (Å²) in [7, 11) is -4.12. The number of nitrogens with one attached hydrogen (secondary N) is 2. The fraction of sp³-hybridized carbons (Fsp3) is 0.136. The van der Waals surface area contributed by atoms with E-state index in [1.165, 1.54) is 30.3 Å². The first-order chi connectivity index (χ1) is 15.0. The number of sulfonamides is 1. The van der Waals surface area contributed by atoms with Gasteiger partial charge in [0.25, 0.3) is 15.9 Å². The number of carbonyl (C=O) groups excluding carboxylic acids is 1. The van der Waals surface area contributed by atoms with Crippen LogP contribution in [0.4, 0.5) is 24.5 Å². The van der Waals surface area contributed by atoms with Crippen LogP contribution in [0, 0.1) is 6.92 Å². The standard InChI is InChI=1S/C22H19F3N2O4S/c1-15-5-2-3-8-20(15)26-21(28)14-31-18-9-11-19(12-10-18)32(29,30)27-17-7-4-6-16(13-17)22(23,24)25/h2-13,27H,14H2,1H3,(H,26,28). The molecular formula is C22H19F3N2O4S. The Hall–Kier alpha value is -3.53. The van der Waals surface area contributed by atoms with E-state index in [0.29, 0.717) is 11.8 Å². The van der Waals surface area contributed by atoms with Gasteiger partial charge in [0.05, 0.1) is 10.5 Å².